The molecule has 0 bridgehead atoms. The van der Waals surface area contributed by atoms with E-state index in [1.165, 1.54) is 6.92 Å². The third kappa shape index (κ3) is 5.94. The Morgan fingerprint density at radius 3 is 2.48 bits per heavy atom. The lowest BCUT2D eigenvalue weighted by atomic mass is 10.1. The molecule has 23 heavy (non-hydrogen) atoms. The van der Waals surface area contributed by atoms with E-state index in [1.807, 2.05) is 30.3 Å². The molecule has 1 aromatic carbocycles. The summed E-state index contributed by atoms with van der Waals surface area (Å²) in [5.41, 5.74) is 1.62. The first-order valence-corrected chi connectivity index (χ1v) is 7.74. The SMILES string of the molecule is CC(=O)Nc1ccc(Nc2nccc(NCCC(C)C)n2)cc1. The van der Waals surface area contributed by atoms with Gasteiger partial charge in [0, 0.05) is 31.0 Å². The van der Waals surface area contributed by atoms with Crippen LogP contribution in [0.3, 0.4) is 0 Å². The third-order valence-electron chi connectivity index (χ3n) is 3.14. The standard InChI is InChI=1S/C17H23N5O/c1-12(2)8-10-18-16-9-11-19-17(22-16)21-15-6-4-14(5-7-15)20-13(3)23/h4-7,9,11-12H,8,10H2,1-3H3,(H,20,23)(H2,18,19,21,22). The molecular formula is C17H23N5O. The van der Waals surface area contributed by atoms with Crippen molar-refractivity contribution in [1.29, 1.82) is 0 Å². The highest BCUT2D eigenvalue weighted by molar-refractivity contribution is 5.88. The maximum atomic E-state index is 11.0. The van der Waals surface area contributed by atoms with Crippen LogP contribution < -0.4 is 16.0 Å². The number of benzene rings is 1. The average Bonchev–Trinajstić information content (AvgIpc) is 2.49. The predicted molar refractivity (Wildman–Crippen MR) is 94.0 cm³/mol. The summed E-state index contributed by atoms with van der Waals surface area (Å²) in [4.78, 5) is 19.7. The fourth-order valence-corrected chi connectivity index (χ4v) is 1.98. The van der Waals surface area contributed by atoms with Crippen molar-refractivity contribution < 1.29 is 4.79 Å². The molecule has 0 aliphatic carbocycles. The summed E-state index contributed by atoms with van der Waals surface area (Å²) in [5, 5.41) is 9.17. The van der Waals surface area contributed by atoms with Gasteiger partial charge in [0.25, 0.3) is 0 Å². The molecule has 1 aromatic heterocycles. The minimum absolute atomic E-state index is 0.0887. The van der Waals surface area contributed by atoms with Gasteiger partial charge in [-0.05, 0) is 42.7 Å². The van der Waals surface area contributed by atoms with Crippen LogP contribution in [0.4, 0.5) is 23.1 Å². The Kier molecular flexibility index (Phi) is 5.91. The van der Waals surface area contributed by atoms with Gasteiger partial charge in [-0.15, -0.1) is 0 Å². The van der Waals surface area contributed by atoms with Gasteiger partial charge < -0.3 is 16.0 Å². The Morgan fingerprint density at radius 1 is 1.13 bits per heavy atom. The van der Waals surface area contributed by atoms with Crippen LogP contribution >= 0.6 is 0 Å². The smallest absolute Gasteiger partial charge is 0.229 e. The van der Waals surface area contributed by atoms with Gasteiger partial charge in [0.15, 0.2) is 0 Å². The predicted octanol–water partition coefficient (Wildman–Crippen LogP) is 3.64. The molecule has 0 atom stereocenters. The first kappa shape index (κ1) is 16.7. The second kappa shape index (κ2) is 8.12. The molecule has 2 rings (SSSR count). The van der Waals surface area contributed by atoms with Crippen LogP contribution in [-0.2, 0) is 4.79 Å². The molecule has 0 spiro atoms. The van der Waals surface area contributed by atoms with E-state index in [-0.39, 0.29) is 5.91 Å². The van der Waals surface area contributed by atoms with Gasteiger partial charge in [-0.25, -0.2) is 4.98 Å². The van der Waals surface area contributed by atoms with Gasteiger partial charge in [-0.1, -0.05) is 13.8 Å². The molecule has 0 unspecified atom stereocenters. The van der Waals surface area contributed by atoms with Crippen molar-refractivity contribution >= 4 is 29.0 Å². The fraction of sp³-hybridized carbons (Fsp3) is 0.353. The Balaban J connectivity index is 1.95. The van der Waals surface area contributed by atoms with Crippen LogP contribution in [0.25, 0.3) is 0 Å². The largest absolute Gasteiger partial charge is 0.370 e. The molecule has 3 N–H and O–H groups in total. The monoisotopic (exact) mass is 313 g/mol. The number of aromatic nitrogens is 2. The third-order valence-corrected chi connectivity index (χ3v) is 3.14. The number of carbonyl (C=O) groups excluding carboxylic acids is 1. The number of nitrogens with zero attached hydrogens (tertiary/aromatic N) is 2. The van der Waals surface area contributed by atoms with Crippen molar-refractivity contribution in [2.24, 2.45) is 5.92 Å². The maximum Gasteiger partial charge on any atom is 0.229 e. The fourth-order valence-electron chi connectivity index (χ4n) is 1.98. The van der Waals surface area contributed by atoms with Gasteiger partial charge in [-0.2, -0.15) is 4.98 Å². The molecule has 0 radical (unpaired) electrons. The summed E-state index contributed by atoms with van der Waals surface area (Å²) in [5.74, 6) is 1.91. The first-order valence-electron chi connectivity index (χ1n) is 7.74. The summed E-state index contributed by atoms with van der Waals surface area (Å²) in [6.07, 6.45) is 2.82. The zero-order valence-corrected chi connectivity index (χ0v) is 13.8. The van der Waals surface area contributed by atoms with E-state index >= 15 is 0 Å². The Bertz CT molecular complexity index is 640. The second-order valence-corrected chi connectivity index (χ2v) is 5.76. The van der Waals surface area contributed by atoms with E-state index in [9.17, 15) is 4.79 Å². The highest BCUT2D eigenvalue weighted by atomic mass is 16.1. The first-order chi connectivity index (χ1) is 11.0. The molecule has 6 heteroatoms. The van der Waals surface area contributed by atoms with Crippen LogP contribution in [0.5, 0.6) is 0 Å². The number of hydrogen-bond acceptors (Lipinski definition) is 5. The molecule has 0 saturated carbocycles. The molecular weight excluding hydrogens is 290 g/mol. The number of nitrogens with one attached hydrogen (secondary N) is 3. The zero-order chi connectivity index (χ0) is 16.7. The van der Waals surface area contributed by atoms with E-state index in [0.717, 1.165) is 30.2 Å². The molecule has 0 fully saturated rings. The summed E-state index contributed by atoms with van der Waals surface area (Å²) >= 11 is 0. The highest BCUT2D eigenvalue weighted by Crippen LogP contribution is 2.17. The average molecular weight is 313 g/mol. The minimum atomic E-state index is -0.0887. The van der Waals surface area contributed by atoms with Gasteiger partial charge >= 0.3 is 0 Å². The summed E-state index contributed by atoms with van der Waals surface area (Å²) in [7, 11) is 0. The normalized spacial score (nSPS) is 10.4. The molecule has 0 aliphatic heterocycles. The van der Waals surface area contributed by atoms with Crippen molar-refractivity contribution in [3.05, 3.63) is 36.5 Å². The van der Waals surface area contributed by atoms with E-state index in [0.29, 0.717) is 11.9 Å². The molecule has 122 valence electrons. The summed E-state index contributed by atoms with van der Waals surface area (Å²) < 4.78 is 0. The second-order valence-electron chi connectivity index (χ2n) is 5.76. The molecule has 0 aliphatic rings. The van der Waals surface area contributed by atoms with Gasteiger partial charge in [0.2, 0.25) is 11.9 Å². The van der Waals surface area contributed by atoms with Gasteiger partial charge in [0.1, 0.15) is 5.82 Å². The summed E-state index contributed by atoms with van der Waals surface area (Å²) in [6.45, 7) is 6.76. The van der Waals surface area contributed by atoms with Crippen LogP contribution in [0, 0.1) is 5.92 Å². The van der Waals surface area contributed by atoms with Crippen molar-refractivity contribution in [3.8, 4) is 0 Å². The number of hydrogen-bond donors (Lipinski definition) is 3. The van der Waals surface area contributed by atoms with Gasteiger partial charge in [-0.3, -0.25) is 4.79 Å². The van der Waals surface area contributed by atoms with E-state index in [1.54, 1.807) is 6.20 Å². The summed E-state index contributed by atoms with van der Waals surface area (Å²) in [6, 6.07) is 9.25. The van der Waals surface area contributed by atoms with Crippen LogP contribution in [0.1, 0.15) is 27.2 Å². The Hall–Kier alpha value is -2.63. The van der Waals surface area contributed by atoms with Crippen molar-refractivity contribution in [2.75, 3.05) is 22.5 Å². The molecule has 6 nitrogen and oxygen atoms in total. The molecule has 1 heterocycles. The van der Waals surface area contributed by atoms with E-state index in [2.05, 4.69) is 39.8 Å². The highest BCUT2D eigenvalue weighted by Gasteiger charge is 2.02. The molecule has 2 aromatic rings. The van der Waals surface area contributed by atoms with Crippen molar-refractivity contribution in [1.82, 2.24) is 9.97 Å². The quantitative estimate of drug-likeness (QED) is 0.727. The Labute approximate surface area is 136 Å². The topological polar surface area (TPSA) is 78.9 Å². The number of rotatable bonds is 7. The van der Waals surface area contributed by atoms with Crippen molar-refractivity contribution in [3.63, 3.8) is 0 Å². The minimum Gasteiger partial charge on any atom is -0.370 e. The maximum absolute atomic E-state index is 11.0. The lowest BCUT2D eigenvalue weighted by Gasteiger charge is -2.10. The lowest BCUT2D eigenvalue weighted by molar-refractivity contribution is -0.114. The van der Waals surface area contributed by atoms with Crippen LogP contribution in [0.15, 0.2) is 36.5 Å². The number of carbonyl (C=O) groups is 1. The van der Waals surface area contributed by atoms with Crippen molar-refractivity contribution in [2.45, 2.75) is 27.2 Å². The zero-order valence-electron chi connectivity index (χ0n) is 13.8. The molecule has 0 saturated heterocycles. The Morgan fingerprint density at radius 2 is 1.83 bits per heavy atom. The van der Waals surface area contributed by atoms with Crippen LogP contribution in [-0.4, -0.2) is 22.4 Å². The van der Waals surface area contributed by atoms with E-state index in [4.69, 9.17) is 0 Å². The molecule has 1 amide bonds. The van der Waals surface area contributed by atoms with Crippen LogP contribution in [0.2, 0.25) is 0 Å². The lowest BCUT2D eigenvalue weighted by Crippen LogP contribution is -2.07. The van der Waals surface area contributed by atoms with Gasteiger partial charge in [0.05, 0.1) is 0 Å². The van der Waals surface area contributed by atoms with E-state index < -0.39 is 0 Å². The number of amides is 1. The number of anilines is 4.